The fourth-order valence-corrected chi connectivity index (χ4v) is 2.98. The highest BCUT2D eigenvalue weighted by Crippen LogP contribution is 2.25. The average molecular weight is 373 g/mol. The van der Waals surface area contributed by atoms with Crippen LogP contribution in [-0.2, 0) is 16.0 Å². The minimum absolute atomic E-state index is 0.0398. The van der Waals surface area contributed by atoms with Crippen LogP contribution in [-0.4, -0.2) is 43.3 Å². The topological polar surface area (TPSA) is 94.7 Å². The molecule has 0 saturated heterocycles. The maximum atomic E-state index is 12.4. The van der Waals surface area contributed by atoms with Crippen molar-refractivity contribution in [3.63, 3.8) is 0 Å². The van der Waals surface area contributed by atoms with Crippen LogP contribution >= 0.6 is 0 Å². The van der Waals surface area contributed by atoms with Gasteiger partial charge in [-0.05, 0) is 32.4 Å². The number of hydrogen-bond acceptors (Lipinski definition) is 6. The molecule has 0 fully saturated rings. The van der Waals surface area contributed by atoms with Crippen LogP contribution in [0.4, 0.5) is 0 Å². The molecule has 1 heterocycles. The lowest BCUT2D eigenvalue weighted by atomic mass is 10.1. The molecule has 7 nitrogen and oxygen atoms in total. The Morgan fingerprint density at radius 3 is 2.33 bits per heavy atom. The number of aromatic amines is 1. The molecule has 1 N–H and O–H groups in total. The molecule has 0 atom stereocenters. The molecule has 1 aromatic carbocycles. The Balaban J connectivity index is 2.03. The molecule has 2 aromatic rings. The van der Waals surface area contributed by atoms with E-state index < -0.39 is 18.4 Å². The standard InChI is InChI=1S/C20H23NO6/c1-11-19(13(3)22)12(2)21-20(11)16(23)10-27-18(24)8-14-6-7-15(25-4)9-17(14)26-5/h6-7,9,21H,8,10H2,1-5H3. The Labute approximate surface area is 157 Å². The number of methoxy groups -OCH3 is 2. The molecule has 0 radical (unpaired) electrons. The Hall–Kier alpha value is -3.09. The van der Waals surface area contributed by atoms with Crippen LogP contribution < -0.4 is 9.47 Å². The zero-order valence-electron chi connectivity index (χ0n) is 16.1. The fourth-order valence-electron chi connectivity index (χ4n) is 2.98. The largest absolute Gasteiger partial charge is 0.497 e. The van der Waals surface area contributed by atoms with Crippen molar-refractivity contribution in [3.8, 4) is 11.5 Å². The summed E-state index contributed by atoms with van der Waals surface area (Å²) in [4.78, 5) is 39.0. The molecule has 2 rings (SSSR count). The highest BCUT2D eigenvalue weighted by Gasteiger charge is 2.21. The number of esters is 1. The van der Waals surface area contributed by atoms with Crippen molar-refractivity contribution in [2.75, 3.05) is 20.8 Å². The highest BCUT2D eigenvalue weighted by molar-refractivity contribution is 6.04. The second-order valence-electron chi connectivity index (χ2n) is 6.12. The molecule has 0 spiro atoms. The number of carbonyl (C=O) groups is 3. The van der Waals surface area contributed by atoms with E-state index in [1.807, 2.05) is 0 Å². The van der Waals surface area contributed by atoms with Gasteiger partial charge in [-0.2, -0.15) is 0 Å². The minimum atomic E-state index is -0.556. The van der Waals surface area contributed by atoms with Crippen LogP contribution in [0.15, 0.2) is 18.2 Å². The predicted molar refractivity (Wildman–Crippen MR) is 98.8 cm³/mol. The Morgan fingerprint density at radius 2 is 1.78 bits per heavy atom. The average Bonchev–Trinajstić information content (AvgIpc) is 2.94. The van der Waals surface area contributed by atoms with Gasteiger partial charge in [-0.1, -0.05) is 6.07 Å². The van der Waals surface area contributed by atoms with Crippen molar-refractivity contribution in [1.82, 2.24) is 4.98 Å². The monoisotopic (exact) mass is 373 g/mol. The zero-order valence-corrected chi connectivity index (χ0v) is 16.1. The maximum Gasteiger partial charge on any atom is 0.310 e. The van der Waals surface area contributed by atoms with Gasteiger partial charge in [0.05, 0.1) is 26.3 Å². The minimum Gasteiger partial charge on any atom is -0.497 e. The third-order valence-electron chi connectivity index (χ3n) is 4.26. The molecular weight excluding hydrogens is 350 g/mol. The van der Waals surface area contributed by atoms with Crippen molar-refractivity contribution in [2.45, 2.75) is 27.2 Å². The quantitative estimate of drug-likeness (QED) is 0.565. The van der Waals surface area contributed by atoms with E-state index in [1.165, 1.54) is 21.1 Å². The van der Waals surface area contributed by atoms with E-state index in [4.69, 9.17) is 14.2 Å². The molecule has 0 unspecified atom stereocenters. The first-order valence-corrected chi connectivity index (χ1v) is 8.38. The summed E-state index contributed by atoms with van der Waals surface area (Å²) in [5.41, 5.74) is 2.59. The number of rotatable bonds is 8. The molecule has 0 aliphatic rings. The molecule has 0 aliphatic heterocycles. The van der Waals surface area contributed by atoms with E-state index in [0.717, 1.165) is 0 Å². The number of H-pyrrole nitrogens is 1. The van der Waals surface area contributed by atoms with Crippen molar-refractivity contribution in [2.24, 2.45) is 0 Å². The van der Waals surface area contributed by atoms with Crippen LogP contribution in [0.25, 0.3) is 0 Å². The van der Waals surface area contributed by atoms with E-state index in [-0.39, 0.29) is 17.9 Å². The van der Waals surface area contributed by atoms with Gasteiger partial charge in [0.1, 0.15) is 11.5 Å². The van der Waals surface area contributed by atoms with E-state index >= 15 is 0 Å². The molecule has 27 heavy (non-hydrogen) atoms. The number of aryl methyl sites for hydroxylation is 1. The summed E-state index contributed by atoms with van der Waals surface area (Å²) in [5.74, 6) is 0.0409. The summed E-state index contributed by atoms with van der Waals surface area (Å²) in [5, 5.41) is 0. The second kappa shape index (κ2) is 8.53. The van der Waals surface area contributed by atoms with Crippen molar-refractivity contribution in [3.05, 3.63) is 46.3 Å². The Kier molecular flexibility index (Phi) is 6.39. The van der Waals surface area contributed by atoms with Gasteiger partial charge in [0.15, 0.2) is 12.4 Å². The lowest BCUT2D eigenvalue weighted by Crippen LogP contribution is -2.17. The molecular formula is C20H23NO6. The molecule has 0 amide bonds. The van der Waals surface area contributed by atoms with Crippen LogP contribution in [0.2, 0.25) is 0 Å². The number of aromatic nitrogens is 1. The molecule has 0 saturated carbocycles. The van der Waals surface area contributed by atoms with E-state index in [2.05, 4.69) is 4.98 Å². The molecule has 0 aliphatic carbocycles. The number of hydrogen-bond donors (Lipinski definition) is 1. The second-order valence-corrected chi connectivity index (χ2v) is 6.12. The van der Waals surface area contributed by atoms with Crippen molar-refractivity contribution in [1.29, 1.82) is 0 Å². The summed E-state index contributed by atoms with van der Waals surface area (Å²) in [6.45, 7) is 4.45. The zero-order chi connectivity index (χ0) is 20.1. The summed E-state index contributed by atoms with van der Waals surface area (Å²) in [6, 6.07) is 5.09. The number of carbonyl (C=O) groups excluding carboxylic acids is 3. The first-order valence-electron chi connectivity index (χ1n) is 8.38. The smallest absolute Gasteiger partial charge is 0.310 e. The summed E-state index contributed by atoms with van der Waals surface area (Å²) in [6.07, 6.45) is -0.0398. The fraction of sp³-hybridized carbons (Fsp3) is 0.350. The van der Waals surface area contributed by atoms with E-state index in [1.54, 1.807) is 32.0 Å². The number of Topliss-reactive ketones (excluding diaryl/α,β-unsaturated/α-hetero) is 2. The van der Waals surface area contributed by atoms with E-state index in [0.29, 0.717) is 33.9 Å². The van der Waals surface area contributed by atoms with Gasteiger partial charge in [0.25, 0.3) is 0 Å². The molecule has 7 heteroatoms. The van der Waals surface area contributed by atoms with E-state index in [9.17, 15) is 14.4 Å². The number of ether oxygens (including phenoxy) is 3. The summed E-state index contributed by atoms with van der Waals surface area (Å²) in [7, 11) is 3.03. The first-order chi connectivity index (χ1) is 12.8. The molecule has 1 aromatic heterocycles. The highest BCUT2D eigenvalue weighted by atomic mass is 16.5. The normalized spacial score (nSPS) is 10.4. The van der Waals surface area contributed by atoms with Gasteiger partial charge in [-0.25, -0.2) is 0 Å². The summed E-state index contributed by atoms with van der Waals surface area (Å²) < 4.78 is 15.5. The van der Waals surface area contributed by atoms with Crippen LogP contribution in [0.1, 0.15) is 44.6 Å². The van der Waals surface area contributed by atoms with Crippen molar-refractivity contribution < 1.29 is 28.6 Å². The van der Waals surface area contributed by atoms with Crippen LogP contribution in [0.5, 0.6) is 11.5 Å². The number of nitrogens with one attached hydrogen (secondary N) is 1. The number of benzene rings is 1. The third kappa shape index (κ3) is 4.55. The maximum absolute atomic E-state index is 12.4. The van der Waals surface area contributed by atoms with Gasteiger partial charge in [-0.3, -0.25) is 14.4 Å². The predicted octanol–water partition coefficient (Wildman–Crippen LogP) is 2.82. The first kappa shape index (κ1) is 20.2. The number of ketones is 2. The van der Waals surface area contributed by atoms with Gasteiger partial charge >= 0.3 is 5.97 Å². The lowest BCUT2D eigenvalue weighted by Gasteiger charge is -2.10. The Bertz CT molecular complexity index is 881. The Morgan fingerprint density at radius 1 is 1.07 bits per heavy atom. The van der Waals surface area contributed by atoms with Gasteiger partial charge < -0.3 is 19.2 Å². The van der Waals surface area contributed by atoms with Crippen LogP contribution in [0, 0.1) is 13.8 Å². The molecule has 0 bridgehead atoms. The van der Waals surface area contributed by atoms with Gasteiger partial charge in [0.2, 0.25) is 5.78 Å². The SMILES string of the molecule is COc1ccc(CC(=O)OCC(=O)c2[nH]c(C)c(C(C)=O)c2C)c(OC)c1. The van der Waals surface area contributed by atoms with Gasteiger partial charge in [0, 0.05) is 22.9 Å². The lowest BCUT2D eigenvalue weighted by molar-refractivity contribution is -0.141. The van der Waals surface area contributed by atoms with Gasteiger partial charge in [-0.15, -0.1) is 0 Å². The van der Waals surface area contributed by atoms with Crippen LogP contribution in [0.3, 0.4) is 0 Å². The third-order valence-corrected chi connectivity index (χ3v) is 4.26. The van der Waals surface area contributed by atoms with Crippen molar-refractivity contribution >= 4 is 17.5 Å². The summed E-state index contributed by atoms with van der Waals surface area (Å²) >= 11 is 0. The molecule has 144 valence electrons.